The molecule has 0 atom stereocenters. The summed E-state index contributed by atoms with van der Waals surface area (Å²) in [5, 5.41) is 9.22. The van der Waals surface area contributed by atoms with Gasteiger partial charge in [0.1, 0.15) is 23.7 Å². The van der Waals surface area contributed by atoms with E-state index in [4.69, 9.17) is 4.74 Å². The zero-order valence-electron chi connectivity index (χ0n) is 14.9. The molecule has 0 radical (unpaired) electrons. The fourth-order valence-corrected chi connectivity index (χ4v) is 2.22. The molecule has 0 unspecified atom stereocenters. The zero-order chi connectivity index (χ0) is 22.5. The lowest BCUT2D eigenvalue weighted by atomic mass is 10.2. The van der Waals surface area contributed by atoms with E-state index >= 15 is 0 Å². The van der Waals surface area contributed by atoms with Crippen LogP contribution in [0.3, 0.4) is 0 Å². The first kappa shape index (κ1) is 22.8. The summed E-state index contributed by atoms with van der Waals surface area (Å²) < 4.78 is 70.6. The summed E-state index contributed by atoms with van der Waals surface area (Å²) in [6, 6.07) is 12.9. The van der Waals surface area contributed by atoms with E-state index in [-0.39, 0.29) is 17.6 Å². The first-order valence-electron chi connectivity index (χ1n) is 8.11. The monoisotopic (exact) mass is 433 g/mol. The van der Waals surface area contributed by atoms with Crippen molar-refractivity contribution >= 4 is 17.5 Å². The van der Waals surface area contributed by atoms with Crippen LogP contribution >= 0.6 is 0 Å². The van der Waals surface area contributed by atoms with E-state index in [1.807, 2.05) is 0 Å². The molecular formula is C19H13F6NO4. The highest BCUT2D eigenvalue weighted by atomic mass is 19.4. The third-order valence-electron chi connectivity index (χ3n) is 3.36. The topological polar surface area (TPSA) is 66.8 Å². The van der Waals surface area contributed by atoms with Crippen LogP contribution in [-0.4, -0.2) is 29.3 Å². The van der Waals surface area contributed by atoms with Gasteiger partial charge in [-0.2, -0.15) is 26.3 Å². The van der Waals surface area contributed by atoms with Gasteiger partial charge in [0.05, 0.1) is 5.69 Å². The van der Waals surface area contributed by atoms with Gasteiger partial charge in [0, 0.05) is 18.2 Å². The van der Waals surface area contributed by atoms with Crippen LogP contribution in [0.1, 0.15) is 6.42 Å². The van der Waals surface area contributed by atoms with Crippen LogP contribution in [0.25, 0.3) is 0 Å². The Morgan fingerprint density at radius 2 is 1.33 bits per heavy atom. The number of imide groups is 1. The number of hydrogen-bond acceptors (Lipinski definition) is 4. The molecular weight excluding hydrogens is 420 g/mol. The Morgan fingerprint density at radius 3 is 1.80 bits per heavy atom. The van der Waals surface area contributed by atoms with Gasteiger partial charge in [-0.3, -0.25) is 9.59 Å². The third kappa shape index (κ3) is 7.15. The van der Waals surface area contributed by atoms with Crippen LogP contribution < -0.4 is 9.64 Å². The maximum atomic E-state index is 11.6. The van der Waals surface area contributed by atoms with Crippen molar-refractivity contribution in [3.8, 4) is 17.2 Å². The molecule has 0 aromatic heterocycles. The molecule has 1 aliphatic rings. The SMILES string of the molecule is FC(F)(F)CC(F)(F)F.O=C1C=CC(=O)N1c1cccc(Oc2ccc(O)cc2)c1. The molecule has 160 valence electrons. The minimum atomic E-state index is -5.14. The number of phenols is 1. The molecule has 0 fully saturated rings. The molecule has 1 N–H and O–H groups in total. The van der Waals surface area contributed by atoms with Crippen molar-refractivity contribution in [3.05, 3.63) is 60.7 Å². The van der Waals surface area contributed by atoms with E-state index < -0.39 is 18.8 Å². The van der Waals surface area contributed by atoms with Crippen LogP contribution in [0.5, 0.6) is 17.2 Å². The average Bonchev–Trinajstić information content (AvgIpc) is 2.93. The first-order chi connectivity index (χ1) is 13.8. The van der Waals surface area contributed by atoms with E-state index in [9.17, 15) is 41.0 Å². The lowest BCUT2D eigenvalue weighted by molar-refractivity contribution is -0.232. The molecule has 1 aliphatic heterocycles. The molecule has 3 rings (SSSR count). The second-order valence-electron chi connectivity index (χ2n) is 5.85. The van der Waals surface area contributed by atoms with E-state index in [2.05, 4.69) is 0 Å². The van der Waals surface area contributed by atoms with Gasteiger partial charge >= 0.3 is 12.4 Å². The molecule has 2 aromatic rings. The number of anilines is 1. The van der Waals surface area contributed by atoms with Gasteiger partial charge < -0.3 is 9.84 Å². The standard InChI is InChI=1S/C16H11NO4.C3H2F6/c18-12-4-6-13(7-5-12)21-14-3-1-2-11(10-14)17-15(19)8-9-16(17)20;4-2(5,6)1-3(7,8)9/h1-10,18H;1H2. The van der Waals surface area contributed by atoms with Crippen LogP contribution in [0.15, 0.2) is 60.7 Å². The molecule has 2 aromatic carbocycles. The molecule has 0 saturated heterocycles. The van der Waals surface area contributed by atoms with Gasteiger partial charge in [0.25, 0.3) is 11.8 Å². The van der Waals surface area contributed by atoms with Crippen LogP contribution in [0, 0.1) is 0 Å². The molecule has 5 nitrogen and oxygen atoms in total. The fraction of sp³-hybridized carbons (Fsp3) is 0.158. The molecule has 0 bridgehead atoms. The van der Waals surface area contributed by atoms with Crippen molar-refractivity contribution in [1.29, 1.82) is 0 Å². The second-order valence-corrected chi connectivity index (χ2v) is 5.85. The minimum Gasteiger partial charge on any atom is -0.508 e. The van der Waals surface area contributed by atoms with Crippen LogP contribution in [0.2, 0.25) is 0 Å². The summed E-state index contributed by atoms with van der Waals surface area (Å²) in [6.45, 7) is 0. The second kappa shape index (κ2) is 8.89. The quantitative estimate of drug-likeness (QED) is 0.539. The summed E-state index contributed by atoms with van der Waals surface area (Å²) >= 11 is 0. The molecule has 1 heterocycles. The lowest BCUT2D eigenvalue weighted by Gasteiger charge is -2.15. The summed E-state index contributed by atoms with van der Waals surface area (Å²) in [4.78, 5) is 24.4. The maximum Gasteiger partial charge on any atom is 0.397 e. The van der Waals surface area contributed by atoms with Crippen molar-refractivity contribution in [2.24, 2.45) is 0 Å². The van der Waals surface area contributed by atoms with E-state index in [0.717, 1.165) is 4.90 Å². The highest BCUT2D eigenvalue weighted by Crippen LogP contribution is 2.32. The van der Waals surface area contributed by atoms with Gasteiger partial charge in [-0.25, -0.2) is 4.90 Å². The van der Waals surface area contributed by atoms with Crippen LogP contribution in [-0.2, 0) is 9.59 Å². The number of phenolic OH excluding ortho intramolecular Hbond substituents is 1. The van der Waals surface area contributed by atoms with E-state index in [0.29, 0.717) is 17.2 Å². The predicted molar refractivity (Wildman–Crippen MR) is 93.0 cm³/mol. The number of nitrogens with zero attached hydrogens (tertiary/aromatic N) is 1. The Bertz CT molecular complexity index is 905. The highest BCUT2D eigenvalue weighted by molar-refractivity contribution is 6.28. The smallest absolute Gasteiger partial charge is 0.397 e. The Morgan fingerprint density at radius 1 is 0.800 bits per heavy atom. The van der Waals surface area contributed by atoms with E-state index in [1.165, 1.54) is 24.3 Å². The normalized spacial score (nSPS) is 13.9. The van der Waals surface area contributed by atoms with Gasteiger partial charge in [-0.15, -0.1) is 0 Å². The summed E-state index contributed by atoms with van der Waals surface area (Å²) in [7, 11) is 0. The molecule has 0 aliphatic carbocycles. The largest absolute Gasteiger partial charge is 0.508 e. The number of alkyl halides is 6. The van der Waals surface area contributed by atoms with Crippen molar-refractivity contribution in [2.75, 3.05) is 4.90 Å². The molecule has 0 spiro atoms. The lowest BCUT2D eigenvalue weighted by Crippen LogP contribution is -2.29. The van der Waals surface area contributed by atoms with Gasteiger partial charge in [0.15, 0.2) is 0 Å². The Balaban J connectivity index is 0.000000303. The molecule has 2 amide bonds. The number of hydrogen-bond donors (Lipinski definition) is 1. The maximum absolute atomic E-state index is 11.6. The summed E-state index contributed by atoms with van der Waals surface area (Å²) in [5.41, 5.74) is 0.450. The number of carbonyl (C=O) groups excluding carboxylic acids is 2. The number of halogens is 6. The fourth-order valence-electron chi connectivity index (χ4n) is 2.22. The summed E-state index contributed by atoms with van der Waals surface area (Å²) in [6.07, 6.45) is -10.5. The Labute approximate surface area is 165 Å². The summed E-state index contributed by atoms with van der Waals surface area (Å²) in [5.74, 6) is 0.437. The zero-order valence-corrected chi connectivity index (χ0v) is 14.9. The number of ether oxygens (including phenoxy) is 1. The molecule has 11 heteroatoms. The number of amides is 2. The van der Waals surface area contributed by atoms with Gasteiger partial charge in [0.2, 0.25) is 0 Å². The van der Waals surface area contributed by atoms with E-state index in [1.54, 1.807) is 36.4 Å². The molecule has 30 heavy (non-hydrogen) atoms. The van der Waals surface area contributed by atoms with Crippen LogP contribution in [0.4, 0.5) is 32.0 Å². The first-order valence-corrected chi connectivity index (χ1v) is 8.11. The van der Waals surface area contributed by atoms with Crippen molar-refractivity contribution in [2.45, 2.75) is 18.8 Å². The van der Waals surface area contributed by atoms with Crippen molar-refractivity contribution in [3.63, 3.8) is 0 Å². The van der Waals surface area contributed by atoms with Crippen molar-refractivity contribution in [1.82, 2.24) is 0 Å². The van der Waals surface area contributed by atoms with Crippen molar-refractivity contribution < 1.29 is 45.8 Å². The third-order valence-corrected chi connectivity index (χ3v) is 3.36. The number of aromatic hydroxyl groups is 1. The number of benzene rings is 2. The van der Waals surface area contributed by atoms with Gasteiger partial charge in [-0.1, -0.05) is 6.07 Å². The highest BCUT2D eigenvalue weighted by Gasteiger charge is 2.43. The average molecular weight is 433 g/mol. The Hall–Kier alpha value is -3.50. The predicted octanol–water partition coefficient (Wildman–Crippen LogP) is 5.12. The number of carbonyl (C=O) groups is 2. The molecule has 0 saturated carbocycles. The van der Waals surface area contributed by atoms with Gasteiger partial charge in [-0.05, 0) is 36.4 Å². The Kier molecular flexibility index (Phi) is 6.75. The number of rotatable bonds is 3. The minimum absolute atomic E-state index is 0.149.